The van der Waals surface area contributed by atoms with Crippen LogP contribution >= 0.6 is 0 Å². The van der Waals surface area contributed by atoms with Crippen LogP contribution in [0.15, 0.2) is 39.8 Å². The maximum absolute atomic E-state index is 5.03. The van der Waals surface area contributed by atoms with Crippen LogP contribution in [0.2, 0.25) is 0 Å². The lowest BCUT2D eigenvalue weighted by molar-refractivity contribution is 0.127. The molecule has 1 unspecified atom stereocenters. The van der Waals surface area contributed by atoms with Crippen molar-refractivity contribution in [3.63, 3.8) is 0 Å². The van der Waals surface area contributed by atoms with Gasteiger partial charge in [-0.1, -0.05) is 42.4 Å². The van der Waals surface area contributed by atoms with Gasteiger partial charge in [0.1, 0.15) is 6.54 Å². The minimum atomic E-state index is 0.432. The second kappa shape index (κ2) is 9.50. The first-order valence-electron chi connectivity index (χ1n) is 9.82. The highest BCUT2D eigenvalue weighted by atomic mass is 16.5. The first-order chi connectivity index (χ1) is 13.2. The zero-order valence-corrected chi connectivity index (χ0v) is 16.6. The lowest BCUT2D eigenvalue weighted by Crippen LogP contribution is -2.53. The number of nitrogens with zero attached hydrogens (tertiary/aromatic N) is 5. The van der Waals surface area contributed by atoms with Crippen LogP contribution in [0.5, 0.6) is 0 Å². The normalized spacial score (nSPS) is 17.1. The molecule has 7 heteroatoms. The van der Waals surface area contributed by atoms with Crippen molar-refractivity contribution in [3.8, 4) is 0 Å². The average Bonchev–Trinajstić information content (AvgIpc) is 3.12. The molecule has 1 atom stereocenters. The summed E-state index contributed by atoms with van der Waals surface area (Å²) in [6, 6.07) is 11.3. The van der Waals surface area contributed by atoms with Gasteiger partial charge in [-0.25, -0.2) is 4.99 Å². The van der Waals surface area contributed by atoms with Crippen LogP contribution < -0.4 is 5.32 Å². The summed E-state index contributed by atoms with van der Waals surface area (Å²) in [6.45, 7) is 11.4. The number of hydrogen-bond acceptors (Lipinski definition) is 5. The second-order valence-electron chi connectivity index (χ2n) is 6.76. The van der Waals surface area contributed by atoms with Crippen LogP contribution in [0.4, 0.5) is 0 Å². The van der Waals surface area contributed by atoms with Gasteiger partial charge in [0.15, 0.2) is 11.8 Å². The Hall–Kier alpha value is -2.41. The van der Waals surface area contributed by atoms with E-state index in [0.717, 1.165) is 45.1 Å². The molecule has 0 bridgehead atoms. The highest BCUT2D eigenvalue weighted by Crippen LogP contribution is 2.25. The van der Waals surface area contributed by atoms with Crippen molar-refractivity contribution in [3.05, 3.63) is 47.6 Å². The molecule has 0 saturated carbocycles. The van der Waals surface area contributed by atoms with Gasteiger partial charge < -0.3 is 14.7 Å². The maximum Gasteiger partial charge on any atom is 0.223 e. The highest BCUT2D eigenvalue weighted by molar-refractivity contribution is 5.80. The number of aliphatic imine (C=N–C) groups is 1. The number of rotatable bonds is 6. The van der Waals surface area contributed by atoms with E-state index in [0.29, 0.717) is 24.3 Å². The number of hydrogen-bond donors (Lipinski definition) is 1. The first-order valence-corrected chi connectivity index (χ1v) is 9.82. The predicted octanol–water partition coefficient (Wildman–Crippen LogP) is 2.61. The summed E-state index contributed by atoms with van der Waals surface area (Å²) >= 11 is 0. The number of aryl methyl sites for hydroxylation is 1. The smallest absolute Gasteiger partial charge is 0.223 e. The van der Waals surface area contributed by atoms with E-state index < -0.39 is 0 Å². The Morgan fingerprint density at radius 3 is 2.52 bits per heavy atom. The second-order valence-corrected chi connectivity index (χ2v) is 6.76. The largest absolute Gasteiger partial charge is 0.357 e. The number of benzene rings is 1. The predicted molar refractivity (Wildman–Crippen MR) is 106 cm³/mol. The lowest BCUT2D eigenvalue weighted by atomic mass is 10.0. The Labute approximate surface area is 161 Å². The van der Waals surface area contributed by atoms with Crippen LogP contribution in [-0.4, -0.2) is 58.6 Å². The van der Waals surface area contributed by atoms with Crippen LogP contribution in [0.1, 0.15) is 43.6 Å². The molecule has 0 aliphatic carbocycles. The van der Waals surface area contributed by atoms with Crippen molar-refractivity contribution in [1.82, 2.24) is 25.3 Å². The van der Waals surface area contributed by atoms with Gasteiger partial charge in [-0.3, -0.25) is 4.90 Å². The molecule has 3 rings (SSSR count). The van der Waals surface area contributed by atoms with E-state index in [2.05, 4.69) is 69.4 Å². The van der Waals surface area contributed by atoms with E-state index in [1.54, 1.807) is 6.92 Å². The quantitative estimate of drug-likeness (QED) is 0.623. The zero-order valence-electron chi connectivity index (χ0n) is 16.6. The Kier molecular flexibility index (Phi) is 6.81. The van der Waals surface area contributed by atoms with Crippen molar-refractivity contribution in [2.75, 3.05) is 32.7 Å². The molecule has 146 valence electrons. The monoisotopic (exact) mass is 370 g/mol. The Balaban J connectivity index is 1.61. The summed E-state index contributed by atoms with van der Waals surface area (Å²) in [7, 11) is 0. The van der Waals surface area contributed by atoms with Crippen molar-refractivity contribution in [2.24, 2.45) is 4.99 Å². The Morgan fingerprint density at radius 1 is 1.19 bits per heavy atom. The van der Waals surface area contributed by atoms with Gasteiger partial charge in [-0.05, 0) is 18.9 Å². The number of aromatic nitrogens is 2. The summed E-state index contributed by atoms with van der Waals surface area (Å²) in [5.41, 5.74) is 1.40. The van der Waals surface area contributed by atoms with Gasteiger partial charge in [0, 0.05) is 45.7 Å². The zero-order chi connectivity index (χ0) is 19.1. The molecule has 2 heterocycles. The summed E-state index contributed by atoms with van der Waals surface area (Å²) in [5.74, 6) is 2.12. The molecule has 7 nitrogen and oxygen atoms in total. The fourth-order valence-electron chi connectivity index (χ4n) is 3.60. The molecule has 1 aromatic heterocycles. The highest BCUT2D eigenvalue weighted by Gasteiger charge is 2.25. The van der Waals surface area contributed by atoms with Crippen molar-refractivity contribution in [1.29, 1.82) is 0 Å². The summed E-state index contributed by atoms with van der Waals surface area (Å²) in [5, 5.41) is 7.32. The molecule has 0 amide bonds. The van der Waals surface area contributed by atoms with Crippen molar-refractivity contribution < 1.29 is 4.52 Å². The van der Waals surface area contributed by atoms with Crippen molar-refractivity contribution >= 4 is 5.96 Å². The molecule has 1 aliphatic heterocycles. The topological polar surface area (TPSA) is 69.8 Å². The van der Waals surface area contributed by atoms with E-state index in [9.17, 15) is 0 Å². The van der Waals surface area contributed by atoms with Gasteiger partial charge in [0.25, 0.3) is 0 Å². The molecule has 27 heavy (non-hydrogen) atoms. The number of guanidine groups is 1. The molecule has 1 aromatic carbocycles. The maximum atomic E-state index is 5.03. The third-order valence-electron chi connectivity index (χ3n) is 4.90. The van der Waals surface area contributed by atoms with Gasteiger partial charge >= 0.3 is 0 Å². The van der Waals surface area contributed by atoms with Crippen LogP contribution in [0.25, 0.3) is 0 Å². The molecular weight excluding hydrogens is 340 g/mol. The van der Waals surface area contributed by atoms with Gasteiger partial charge in [-0.2, -0.15) is 4.98 Å². The molecule has 1 fully saturated rings. The molecular formula is C20H30N6O. The molecule has 0 spiro atoms. The summed E-state index contributed by atoms with van der Waals surface area (Å²) < 4.78 is 5.03. The minimum Gasteiger partial charge on any atom is -0.357 e. The van der Waals surface area contributed by atoms with E-state index in [4.69, 9.17) is 9.52 Å². The molecule has 2 aromatic rings. The third-order valence-corrected chi connectivity index (χ3v) is 4.90. The van der Waals surface area contributed by atoms with E-state index in [1.807, 2.05) is 0 Å². The molecule has 0 radical (unpaired) electrons. The van der Waals surface area contributed by atoms with Crippen LogP contribution in [-0.2, 0) is 6.54 Å². The third kappa shape index (κ3) is 5.07. The SMILES string of the molecule is CCNC(=NCc1noc(C)n1)N1CCN(C(CC)c2ccccc2)CC1. The van der Waals surface area contributed by atoms with Gasteiger partial charge in [-0.15, -0.1) is 0 Å². The summed E-state index contributed by atoms with van der Waals surface area (Å²) in [6.07, 6.45) is 1.12. The standard InChI is InChI=1S/C20H30N6O/c1-4-18(17-9-7-6-8-10-17)25-11-13-26(14-12-25)20(21-5-2)22-15-19-23-16(3)27-24-19/h6-10,18H,4-5,11-15H2,1-3H3,(H,21,22). The fraction of sp³-hybridized carbons (Fsp3) is 0.550. The van der Waals surface area contributed by atoms with Crippen molar-refractivity contribution in [2.45, 2.75) is 39.8 Å². The van der Waals surface area contributed by atoms with E-state index in [-0.39, 0.29) is 0 Å². The number of piperazine rings is 1. The van der Waals surface area contributed by atoms with Crippen LogP contribution in [0, 0.1) is 6.92 Å². The minimum absolute atomic E-state index is 0.432. The molecule has 1 N–H and O–H groups in total. The average molecular weight is 371 g/mol. The first kappa shape index (κ1) is 19.4. The summed E-state index contributed by atoms with van der Waals surface area (Å²) in [4.78, 5) is 13.8. The molecule has 1 saturated heterocycles. The van der Waals surface area contributed by atoms with Crippen LogP contribution in [0.3, 0.4) is 0 Å². The van der Waals surface area contributed by atoms with Gasteiger partial charge in [0.2, 0.25) is 5.89 Å². The lowest BCUT2D eigenvalue weighted by Gasteiger charge is -2.40. The van der Waals surface area contributed by atoms with E-state index >= 15 is 0 Å². The number of nitrogens with one attached hydrogen (secondary N) is 1. The Morgan fingerprint density at radius 2 is 1.93 bits per heavy atom. The van der Waals surface area contributed by atoms with E-state index in [1.165, 1.54) is 5.56 Å². The fourth-order valence-corrected chi connectivity index (χ4v) is 3.60. The Bertz CT molecular complexity index is 721. The van der Waals surface area contributed by atoms with Gasteiger partial charge in [0.05, 0.1) is 0 Å². The molecule has 1 aliphatic rings.